The first-order valence-corrected chi connectivity index (χ1v) is 13.0. The Balaban J connectivity index is 1.41. The molecule has 188 valence electrons. The van der Waals surface area contributed by atoms with Crippen molar-refractivity contribution in [2.75, 3.05) is 11.1 Å². The molecular formula is C29H26N2O5S. The van der Waals surface area contributed by atoms with Crippen molar-refractivity contribution in [2.24, 2.45) is 0 Å². The molecule has 5 rings (SSSR count). The van der Waals surface area contributed by atoms with Gasteiger partial charge in [0.15, 0.2) is 5.76 Å². The Kier molecular flexibility index (Phi) is 7.01. The number of rotatable bonds is 7. The van der Waals surface area contributed by atoms with Gasteiger partial charge in [-0.25, -0.2) is 4.79 Å². The Hall–Kier alpha value is -4.04. The first kappa shape index (κ1) is 24.6. The summed E-state index contributed by atoms with van der Waals surface area (Å²) in [6, 6.07) is 21.2. The molecular weight excluding hydrogens is 488 g/mol. The van der Waals surface area contributed by atoms with E-state index in [-0.39, 0.29) is 6.42 Å². The Morgan fingerprint density at radius 2 is 1.81 bits per heavy atom. The average Bonchev–Trinajstić information content (AvgIpc) is 3.52. The van der Waals surface area contributed by atoms with E-state index < -0.39 is 18.2 Å². The zero-order valence-corrected chi connectivity index (χ0v) is 21.3. The molecule has 0 bridgehead atoms. The van der Waals surface area contributed by atoms with Crippen LogP contribution in [0.2, 0.25) is 0 Å². The third kappa shape index (κ3) is 5.24. The van der Waals surface area contributed by atoms with Gasteiger partial charge in [0.1, 0.15) is 17.5 Å². The maximum absolute atomic E-state index is 12.8. The van der Waals surface area contributed by atoms with Gasteiger partial charge >= 0.3 is 12.1 Å². The lowest BCUT2D eigenvalue weighted by Crippen LogP contribution is -2.16. The SMILES string of the molecule is Cc1noc(-c2ccc(-c3ccc(CC(=O)O)cc3)c3c2SCC3)c1NC(=O)OC(C)c1ccccc1. The van der Waals surface area contributed by atoms with Gasteiger partial charge < -0.3 is 14.4 Å². The first-order chi connectivity index (χ1) is 17.9. The maximum atomic E-state index is 12.8. The predicted molar refractivity (Wildman–Crippen MR) is 143 cm³/mol. The summed E-state index contributed by atoms with van der Waals surface area (Å²) in [5.41, 5.74) is 6.93. The number of carboxylic acid groups (broad SMARTS) is 1. The maximum Gasteiger partial charge on any atom is 0.412 e. The number of carbonyl (C=O) groups is 2. The number of thioether (sulfide) groups is 1. The number of amides is 1. The summed E-state index contributed by atoms with van der Waals surface area (Å²) in [5.74, 6) is 0.582. The molecule has 1 unspecified atom stereocenters. The zero-order valence-electron chi connectivity index (χ0n) is 20.5. The number of aromatic nitrogens is 1. The molecule has 1 aliphatic rings. The van der Waals surface area contributed by atoms with Crippen LogP contribution in [0.4, 0.5) is 10.5 Å². The minimum absolute atomic E-state index is 0.000357. The van der Waals surface area contributed by atoms with Crippen LogP contribution >= 0.6 is 11.8 Å². The van der Waals surface area contributed by atoms with E-state index in [4.69, 9.17) is 14.4 Å². The highest BCUT2D eigenvalue weighted by atomic mass is 32.2. The van der Waals surface area contributed by atoms with Crippen LogP contribution in [-0.4, -0.2) is 28.1 Å². The molecule has 0 saturated carbocycles. The number of aryl methyl sites for hydroxylation is 1. The standard InChI is InChI=1S/C29H26N2O5S/c1-17-26(30-29(34)35-18(2)20-6-4-3-5-7-20)27(36-31-17)24-13-12-22(23-14-15-37-28(23)24)21-10-8-19(9-11-21)16-25(32)33/h3-13,18H,14-16H2,1-2H3,(H,30,34)(H,32,33). The number of hydrogen-bond donors (Lipinski definition) is 2. The minimum Gasteiger partial charge on any atom is -0.481 e. The summed E-state index contributed by atoms with van der Waals surface area (Å²) >= 11 is 1.75. The van der Waals surface area contributed by atoms with Gasteiger partial charge in [-0.2, -0.15) is 0 Å². The number of carbonyl (C=O) groups excluding carboxylic acids is 1. The molecule has 1 amide bonds. The van der Waals surface area contributed by atoms with Crippen LogP contribution in [0, 0.1) is 6.92 Å². The molecule has 1 aliphatic heterocycles. The Morgan fingerprint density at radius 3 is 2.54 bits per heavy atom. The number of anilines is 1. The van der Waals surface area contributed by atoms with Gasteiger partial charge in [0.05, 0.1) is 6.42 Å². The lowest BCUT2D eigenvalue weighted by molar-refractivity contribution is -0.136. The van der Waals surface area contributed by atoms with Gasteiger partial charge in [-0.1, -0.05) is 65.8 Å². The molecule has 1 atom stereocenters. The Labute approximate surface area is 218 Å². The topological polar surface area (TPSA) is 102 Å². The van der Waals surface area contributed by atoms with Crippen LogP contribution in [0.1, 0.15) is 35.4 Å². The van der Waals surface area contributed by atoms with Gasteiger partial charge in [-0.15, -0.1) is 11.8 Å². The number of hydrogen-bond acceptors (Lipinski definition) is 6. The van der Waals surface area contributed by atoms with Gasteiger partial charge in [0, 0.05) is 16.2 Å². The number of ether oxygens (including phenoxy) is 1. The third-order valence-electron chi connectivity index (χ3n) is 6.37. The van der Waals surface area contributed by atoms with E-state index in [1.165, 1.54) is 5.56 Å². The Morgan fingerprint density at radius 1 is 1.08 bits per heavy atom. The second kappa shape index (κ2) is 10.5. The molecule has 1 aromatic heterocycles. The summed E-state index contributed by atoms with van der Waals surface area (Å²) in [5, 5.41) is 16.0. The number of aliphatic carboxylic acids is 1. The quantitative estimate of drug-likeness (QED) is 0.276. The predicted octanol–water partition coefficient (Wildman–Crippen LogP) is 6.90. The molecule has 8 heteroatoms. The third-order valence-corrected chi connectivity index (χ3v) is 7.53. The fourth-order valence-corrected chi connectivity index (χ4v) is 5.72. The fraction of sp³-hybridized carbons (Fsp3) is 0.207. The van der Waals surface area contributed by atoms with Crippen LogP contribution in [0.3, 0.4) is 0 Å². The van der Waals surface area contributed by atoms with Crippen LogP contribution in [0.25, 0.3) is 22.5 Å². The van der Waals surface area contributed by atoms with Crippen molar-refractivity contribution in [2.45, 2.75) is 37.7 Å². The molecule has 7 nitrogen and oxygen atoms in total. The van der Waals surface area contributed by atoms with E-state index in [1.807, 2.05) is 73.7 Å². The highest BCUT2D eigenvalue weighted by molar-refractivity contribution is 7.99. The number of nitrogens with one attached hydrogen (secondary N) is 1. The van der Waals surface area contributed by atoms with Crippen LogP contribution in [0.5, 0.6) is 0 Å². The zero-order chi connectivity index (χ0) is 25.9. The molecule has 2 N–H and O–H groups in total. The largest absolute Gasteiger partial charge is 0.481 e. The lowest BCUT2D eigenvalue weighted by atomic mass is 9.94. The first-order valence-electron chi connectivity index (χ1n) is 12.0. The van der Waals surface area contributed by atoms with Crippen molar-refractivity contribution in [3.63, 3.8) is 0 Å². The molecule has 0 spiro atoms. The highest BCUT2D eigenvalue weighted by Crippen LogP contribution is 2.46. The summed E-state index contributed by atoms with van der Waals surface area (Å²) in [7, 11) is 0. The van der Waals surface area contributed by atoms with Crippen molar-refractivity contribution in [1.82, 2.24) is 5.16 Å². The minimum atomic E-state index is -0.848. The smallest absolute Gasteiger partial charge is 0.412 e. The fourth-order valence-electron chi connectivity index (χ4n) is 4.51. The molecule has 0 radical (unpaired) electrons. The van der Waals surface area contributed by atoms with Gasteiger partial charge in [-0.05, 0) is 54.2 Å². The number of nitrogens with zero attached hydrogens (tertiary/aromatic N) is 1. The van der Waals surface area contributed by atoms with Crippen LogP contribution in [0.15, 0.2) is 76.1 Å². The number of fused-ring (bicyclic) bond motifs is 1. The number of carboxylic acids is 1. The summed E-state index contributed by atoms with van der Waals surface area (Å²) < 4.78 is 11.3. The molecule has 0 fully saturated rings. The molecule has 3 aromatic carbocycles. The summed E-state index contributed by atoms with van der Waals surface area (Å²) in [6.45, 7) is 3.61. The lowest BCUT2D eigenvalue weighted by Gasteiger charge is -2.15. The molecule has 37 heavy (non-hydrogen) atoms. The molecule has 0 saturated heterocycles. The van der Waals surface area contributed by atoms with Crippen molar-refractivity contribution in [3.05, 3.63) is 89.1 Å². The second-order valence-electron chi connectivity index (χ2n) is 8.89. The van der Waals surface area contributed by atoms with E-state index in [0.29, 0.717) is 17.1 Å². The van der Waals surface area contributed by atoms with E-state index in [2.05, 4.69) is 10.5 Å². The number of benzene rings is 3. The second-order valence-corrected chi connectivity index (χ2v) is 9.99. The van der Waals surface area contributed by atoms with E-state index in [0.717, 1.165) is 44.9 Å². The average molecular weight is 515 g/mol. The molecule has 2 heterocycles. The highest BCUT2D eigenvalue weighted by Gasteiger charge is 2.26. The van der Waals surface area contributed by atoms with E-state index in [9.17, 15) is 9.59 Å². The van der Waals surface area contributed by atoms with Crippen molar-refractivity contribution < 1.29 is 24.0 Å². The van der Waals surface area contributed by atoms with E-state index >= 15 is 0 Å². The van der Waals surface area contributed by atoms with Crippen molar-refractivity contribution >= 4 is 29.5 Å². The van der Waals surface area contributed by atoms with E-state index in [1.54, 1.807) is 18.7 Å². The molecule has 0 aliphatic carbocycles. The Bertz CT molecular complexity index is 1450. The summed E-state index contributed by atoms with van der Waals surface area (Å²) in [6.07, 6.45) is -0.0931. The van der Waals surface area contributed by atoms with Crippen molar-refractivity contribution in [1.29, 1.82) is 0 Å². The van der Waals surface area contributed by atoms with Gasteiger partial charge in [0.25, 0.3) is 0 Å². The van der Waals surface area contributed by atoms with Crippen molar-refractivity contribution in [3.8, 4) is 22.5 Å². The van der Waals surface area contributed by atoms with Gasteiger partial charge in [0.2, 0.25) is 0 Å². The normalized spacial score (nSPS) is 13.1. The monoisotopic (exact) mass is 514 g/mol. The van der Waals surface area contributed by atoms with Gasteiger partial charge in [-0.3, -0.25) is 10.1 Å². The summed E-state index contributed by atoms with van der Waals surface area (Å²) in [4.78, 5) is 24.9. The molecule has 4 aromatic rings. The van der Waals surface area contributed by atoms with Crippen LogP contribution < -0.4 is 5.32 Å². The van der Waals surface area contributed by atoms with Crippen LogP contribution in [-0.2, 0) is 22.4 Å².